The summed E-state index contributed by atoms with van der Waals surface area (Å²) in [4.78, 5) is 38.5. The number of hydrogen-bond donors (Lipinski definition) is 2. The van der Waals surface area contributed by atoms with Crippen LogP contribution >= 0.6 is 0 Å². The second-order valence-electron chi connectivity index (χ2n) is 3.93. The van der Waals surface area contributed by atoms with Crippen molar-refractivity contribution in [2.75, 3.05) is 13.1 Å². The Morgan fingerprint density at radius 2 is 2.26 bits per heavy atom. The average Bonchev–Trinajstić information content (AvgIpc) is 2.38. The van der Waals surface area contributed by atoms with E-state index in [4.69, 9.17) is 5.11 Å². The van der Waals surface area contributed by atoms with Gasteiger partial charge in [0.15, 0.2) is 0 Å². The van der Waals surface area contributed by atoms with E-state index in [1.165, 1.54) is 18.3 Å². The monoisotopic (exact) mass is 267 g/mol. The van der Waals surface area contributed by atoms with Gasteiger partial charge < -0.3 is 15.3 Å². The predicted octanol–water partition coefficient (Wildman–Crippen LogP) is -0.754. The van der Waals surface area contributed by atoms with Gasteiger partial charge in [0.25, 0.3) is 5.91 Å². The van der Waals surface area contributed by atoms with Gasteiger partial charge in [0.05, 0.1) is 5.56 Å². The smallest absolute Gasteiger partial charge is 0.328 e. The lowest BCUT2D eigenvalue weighted by Crippen LogP contribution is -2.59. The third-order valence-electron chi connectivity index (χ3n) is 2.72. The van der Waals surface area contributed by atoms with Gasteiger partial charge in [-0.3, -0.25) is 9.59 Å². The first-order chi connectivity index (χ1) is 9.00. The number of carbonyl (C=O) groups is 3. The van der Waals surface area contributed by atoms with E-state index in [0.29, 0.717) is 0 Å². The molecule has 0 aromatic carbocycles. The predicted molar refractivity (Wildman–Crippen MR) is 59.7 cm³/mol. The summed E-state index contributed by atoms with van der Waals surface area (Å²) in [7, 11) is 0. The van der Waals surface area contributed by atoms with Crippen LogP contribution in [0.15, 0.2) is 18.3 Å². The van der Waals surface area contributed by atoms with Gasteiger partial charge in [0, 0.05) is 12.7 Å². The highest BCUT2D eigenvalue weighted by Crippen LogP contribution is 2.13. The first kappa shape index (κ1) is 12.9. The zero-order valence-corrected chi connectivity index (χ0v) is 9.67. The number of piperazine rings is 1. The molecule has 1 aromatic rings. The highest BCUT2D eigenvalue weighted by molar-refractivity contribution is 5.99. The fourth-order valence-electron chi connectivity index (χ4n) is 1.78. The third kappa shape index (κ3) is 2.51. The topological polar surface area (TPSA) is 99.6 Å². The number of rotatable bonds is 2. The molecule has 7 nitrogen and oxygen atoms in total. The fraction of sp³-hybridized carbons (Fsp3) is 0.273. The Balaban J connectivity index is 2.32. The van der Waals surface area contributed by atoms with Crippen LogP contribution < -0.4 is 5.32 Å². The van der Waals surface area contributed by atoms with E-state index in [2.05, 4.69) is 10.3 Å². The molecule has 0 saturated carbocycles. The lowest BCUT2D eigenvalue weighted by molar-refractivity contribution is -0.144. The molecular formula is C11H10FN3O4. The number of nitrogens with zero attached hydrogens (tertiary/aromatic N) is 2. The van der Waals surface area contributed by atoms with Crippen molar-refractivity contribution >= 4 is 17.8 Å². The van der Waals surface area contributed by atoms with Crippen molar-refractivity contribution in [3.8, 4) is 0 Å². The molecular weight excluding hydrogens is 257 g/mol. The molecule has 2 rings (SSSR count). The highest BCUT2D eigenvalue weighted by Gasteiger charge is 2.36. The van der Waals surface area contributed by atoms with Gasteiger partial charge in [-0.1, -0.05) is 0 Å². The molecule has 1 aromatic heterocycles. The number of halogens is 1. The van der Waals surface area contributed by atoms with Crippen LogP contribution in [0.4, 0.5) is 4.39 Å². The minimum Gasteiger partial charge on any atom is -0.480 e. The molecule has 1 unspecified atom stereocenters. The van der Waals surface area contributed by atoms with Crippen LogP contribution in [0.1, 0.15) is 10.4 Å². The van der Waals surface area contributed by atoms with Crippen LogP contribution in [0, 0.1) is 5.95 Å². The molecule has 1 atom stereocenters. The quantitative estimate of drug-likeness (QED) is 0.686. The van der Waals surface area contributed by atoms with Crippen LogP contribution in [-0.2, 0) is 9.59 Å². The van der Waals surface area contributed by atoms with Gasteiger partial charge in [0.2, 0.25) is 11.9 Å². The molecule has 1 saturated heterocycles. The van der Waals surface area contributed by atoms with Crippen molar-refractivity contribution in [3.63, 3.8) is 0 Å². The largest absolute Gasteiger partial charge is 0.480 e. The van der Waals surface area contributed by atoms with E-state index < -0.39 is 36.3 Å². The van der Waals surface area contributed by atoms with Gasteiger partial charge in [-0.2, -0.15) is 4.39 Å². The molecule has 19 heavy (non-hydrogen) atoms. The normalized spacial score (nSPS) is 18.9. The standard InChI is InChI=1S/C11H10FN3O4/c12-9-6(2-1-3-13-9)10(17)15-5-8(16)14-4-7(15)11(18)19/h1-3,7H,4-5H2,(H,14,16)(H,18,19). The van der Waals surface area contributed by atoms with Crippen molar-refractivity contribution in [3.05, 3.63) is 29.8 Å². The maximum atomic E-state index is 13.4. The molecule has 100 valence electrons. The molecule has 2 amide bonds. The third-order valence-corrected chi connectivity index (χ3v) is 2.72. The van der Waals surface area contributed by atoms with Crippen LogP contribution in [0.2, 0.25) is 0 Å². The molecule has 1 aliphatic heterocycles. The summed E-state index contributed by atoms with van der Waals surface area (Å²) in [6.45, 7) is -0.633. The second-order valence-corrected chi connectivity index (χ2v) is 3.93. The number of aromatic nitrogens is 1. The molecule has 0 bridgehead atoms. The number of pyridine rings is 1. The highest BCUT2D eigenvalue weighted by atomic mass is 19.1. The van der Waals surface area contributed by atoms with E-state index in [9.17, 15) is 18.8 Å². The Labute approximate surface area is 107 Å². The molecule has 0 radical (unpaired) electrons. The van der Waals surface area contributed by atoms with Crippen molar-refractivity contribution in [2.45, 2.75) is 6.04 Å². The zero-order chi connectivity index (χ0) is 14.0. The molecule has 2 N–H and O–H groups in total. The summed E-state index contributed by atoms with van der Waals surface area (Å²) in [5.41, 5.74) is -0.358. The van der Waals surface area contributed by atoms with Crippen molar-refractivity contribution in [1.82, 2.24) is 15.2 Å². The summed E-state index contributed by atoms with van der Waals surface area (Å²) < 4.78 is 13.4. The Morgan fingerprint density at radius 1 is 1.53 bits per heavy atom. The Morgan fingerprint density at radius 3 is 2.89 bits per heavy atom. The number of amides is 2. The van der Waals surface area contributed by atoms with Gasteiger partial charge in [-0.15, -0.1) is 0 Å². The minimum absolute atomic E-state index is 0.207. The van der Waals surface area contributed by atoms with Gasteiger partial charge in [-0.25, -0.2) is 9.78 Å². The van der Waals surface area contributed by atoms with Crippen LogP contribution in [0.25, 0.3) is 0 Å². The number of carboxylic acids is 1. The molecule has 0 spiro atoms. The van der Waals surface area contributed by atoms with E-state index in [1.807, 2.05) is 0 Å². The minimum atomic E-state index is -1.27. The van der Waals surface area contributed by atoms with Crippen LogP contribution in [0.5, 0.6) is 0 Å². The number of hydrogen-bond acceptors (Lipinski definition) is 4. The molecule has 2 heterocycles. The summed E-state index contributed by atoms with van der Waals surface area (Å²) in [5.74, 6) is -3.62. The van der Waals surface area contributed by atoms with Gasteiger partial charge >= 0.3 is 5.97 Å². The SMILES string of the molecule is O=C1CN(C(=O)c2cccnc2F)C(C(=O)O)CN1. The fourth-order valence-corrected chi connectivity index (χ4v) is 1.78. The number of aliphatic carboxylic acids is 1. The average molecular weight is 267 g/mol. The summed E-state index contributed by atoms with van der Waals surface area (Å²) >= 11 is 0. The lowest BCUT2D eigenvalue weighted by atomic mass is 10.1. The van der Waals surface area contributed by atoms with Crippen LogP contribution in [-0.4, -0.2) is 51.9 Å². The maximum absolute atomic E-state index is 13.4. The molecule has 0 aliphatic carbocycles. The van der Waals surface area contributed by atoms with Crippen molar-refractivity contribution in [2.24, 2.45) is 0 Å². The number of nitrogens with one attached hydrogen (secondary N) is 1. The maximum Gasteiger partial charge on any atom is 0.328 e. The van der Waals surface area contributed by atoms with Crippen molar-refractivity contribution in [1.29, 1.82) is 0 Å². The Bertz CT molecular complexity index is 548. The second kappa shape index (κ2) is 5.01. The molecule has 1 aliphatic rings. The molecule has 8 heteroatoms. The van der Waals surface area contributed by atoms with Crippen LogP contribution in [0.3, 0.4) is 0 Å². The number of carboxylic acid groups (broad SMARTS) is 1. The van der Waals surface area contributed by atoms with Crippen molar-refractivity contribution < 1.29 is 23.9 Å². The van der Waals surface area contributed by atoms with E-state index in [-0.39, 0.29) is 12.1 Å². The summed E-state index contributed by atoms with van der Waals surface area (Å²) in [6.07, 6.45) is 1.17. The Hall–Kier alpha value is -2.51. The lowest BCUT2D eigenvalue weighted by Gasteiger charge is -2.32. The van der Waals surface area contributed by atoms with E-state index in [0.717, 1.165) is 4.90 Å². The first-order valence-electron chi connectivity index (χ1n) is 5.41. The molecule has 1 fully saturated rings. The van der Waals surface area contributed by atoms with E-state index >= 15 is 0 Å². The van der Waals surface area contributed by atoms with Gasteiger partial charge in [0.1, 0.15) is 12.6 Å². The Kier molecular flexibility index (Phi) is 3.41. The summed E-state index contributed by atoms with van der Waals surface area (Å²) in [6, 6.07) is 1.33. The summed E-state index contributed by atoms with van der Waals surface area (Å²) in [5, 5.41) is 11.3. The zero-order valence-electron chi connectivity index (χ0n) is 9.67. The first-order valence-corrected chi connectivity index (χ1v) is 5.41. The van der Waals surface area contributed by atoms with Gasteiger partial charge in [-0.05, 0) is 12.1 Å². The van der Waals surface area contributed by atoms with E-state index in [1.54, 1.807) is 0 Å². The number of carbonyl (C=O) groups excluding carboxylic acids is 2.